The fourth-order valence-corrected chi connectivity index (χ4v) is 5.29. The molecule has 14 heteroatoms. The van der Waals surface area contributed by atoms with Gasteiger partial charge in [-0.3, -0.25) is 9.25 Å². The van der Waals surface area contributed by atoms with Crippen molar-refractivity contribution in [2.45, 2.75) is 24.0 Å². The molecule has 12 nitrogen and oxygen atoms in total. The van der Waals surface area contributed by atoms with Crippen LogP contribution in [0.2, 0.25) is 0 Å². The maximum absolute atomic E-state index is 13.6. The molecule has 0 unspecified atom stereocenters. The van der Waals surface area contributed by atoms with E-state index in [1.165, 1.54) is 28.3 Å². The molecule has 0 amide bonds. The molecule has 3 aromatic heterocycles. The first kappa shape index (κ1) is 26.2. The molecular weight excluding hydrogens is 505 g/mol. The van der Waals surface area contributed by atoms with Crippen LogP contribution >= 0.6 is 0 Å². The Hall–Kier alpha value is -3.91. The SMILES string of the molecule is COc1cccc(OC)c1-n1c(CS(=O)(=O)[C@@H](C)[C@H](OC)c2ncc(F)cn2)nnc1-c1ccn(C)n1. The minimum absolute atomic E-state index is 0.0435. The summed E-state index contributed by atoms with van der Waals surface area (Å²) >= 11 is 0. The second-order valence-corrected chi connectivity index (χ2v) is 10.4. The van der Waals surface area contributed by atoms with Gasteiger partial charge < -0.3 is 14.2 Å². The van der Waals surface area contributed by atoms with Crippen LogP contribution in [-0.4, -0.2) is 69.5 Å². The highest BCUT2D eigenvalue weighted by atomic mass is 32.2. The van der Waals surface area contributed by atoms with E-state index in [2.05, 4.69) is 25.3 Å². The van der Waals surface area contributed by atoms with E-state index in [0.717, 1.165) is 12.4 Å². The van der Waals surface area contributed by atoms with Crippen LogP contribution in [0.3, 0.4) is 0 Å². The molecular formula is C23H26FN7O5S. The number of nitrogens with zero attached hydrogens (tertiary/aromatic N) is 7. The van der Waals surface area contributed by atoms with Gasteiger partial charge in [-0.2, -0.15) is 5.10 Å². The van der Waals surface area contributed by atoms with Crippen LogP contribution in [-0.2, 0) is 27.4 Å². The van der Waals surface area contributed by atoms with Gasteiger partial charge in [0, 0.05) is 20.4 Å². The van der Waals surface area contributed by atoms with E-state index in [9.17, 15) is 12.8 Å². The first-order chi connectivity index (χ1) is 17.7. The Morgan fingerprint density at radius 3 is 2.22 bits per heavy atom. The summed E-state index contributed by atoms with van der Waals surface area (Å²) < 4.78 is 60.2. The standard InChI is InChI=1S/C23H26FN7O5S/c1-14(21(36-5)22-25-11-15(24)12-26-22)37(32,33)13-19-27-28-23(16-9-10-30(2)29-16)31(19)20-17(34-3)7-6-8-18(20)35-4/h6-12,14,21H,13H2,1-5H3/t14-,21-/m0/s1. The molecule has 4 aromatic rings. The number of aromatic nitrogens is 7. The number of hydrogen-bond acceptors (Lipinski definition) is 10. The number of aryl methyl sites for hydroxylation is 1. The van der Waals surface area contributed by atoms with Crippen LogP contribution in [0.4, 0.5) is 4.39 Å². The Balaban J connectivity index is 1.82. The average Bonchev–Trinajstić information content (AvgIpc) is 3.50. The van der Waals surface area contributed by atoms with Gasteiger partial charge in [-0.05, 0) is 25.1 Å². The summed E-state index contributed by atoms with van der Waals surface area (Å²) in [5, 5.41) is 11.8. The average molecular weight is 532 g/mol. The van der Waals surface area contributed by atoms with E-state index in [0.29, 0.717) is 28.7 Å². The summed E-state index contributed by atoms with van der Waals surface area (Å²) in [5.41, 5.74) is 0.885. The molecule has 0 bridgehead atoms. The van der Waals surface area contributed by atoms with Crippen molar-refractivity contribution in [1.82, 2.24) is 34.5 Å². The van der Waals surface area contributed by atoms with Crippen LogP contribution < -0.4 is 9.47 Å². The Morgan fingerprint density at radius 2 is 1.68 bits per heavy atom. The van der Waals surface area contributed by atoms with Crippen molar-refractivity contribution in [3.63, 3.8) is 0 Å². The fourth-order valence-electron chi connectivity index (χ4n) is 3.87. The molecule has 0 aliphatic carbocycles. The lowest BCUT2D eigenvalue weighted by Gasteiger charge is -2.22. The predicted molar refractivity (Wildman–Crippen MR) is 130 cm³/mol. The van der Waals surface area contributed by atoms with Crippen molar-refractivity contribution in [2.75, 3.05) is 21.3 Å². The van der Waals surface area contributed by atoms with E-state index in [-0.39, 0.29) is 11.6 Å². The number of rotatable bonds is 10. The van der Waals surface area contributed by atoms with E-state index in [1.54, 1.807) is 46.8 Å². The quantitative estimate of drug-likeness (QED) is 0.300. The third kappa shape index (κ3) is 5.15. The normalized spacial score (nSPS) is 13.4. The predicted octanol–water partition coefficient (Wildman–Crippen LogP) is 2.31. The largest absolute Gasteiger partial charge is 0.494 e. The highest BCUT2D eigenvalue weighted by Gasteiger charge is 2.35. The van der Waals surface area contributed by atoms with Gasteiger partial charge in [0.1, 0.15) is 34.7 Å². The highest BCUT2D eigenvalue weighted by Crippen LogP contribution is 2.37. The zero-order chi connectivity index (χ0) is 26.7. The lowest BCUT2D eigenvalue weighted by molar-refractivity contribution is 0.0946. The first-order valence-electron chi connectivity index (χ1n) is 11.1. The van der Waals surface area contributed by atoms with Gasteiger partial charge in [-0.1, -0.05) is 6.07 Å². The van der Waals surface area contributed by atoms with Crippen LogP contribution in [0.5, 0.6) is 11.5 Å². The van der Waals surface area contributed by atoms with Crippen molar-refractivity contribution in [3.8, 4) is 28.7 Å². The molecule has 3 heterocycles. The molecule has 0 radical (unpaired) electrons. The zero-order valence-corrected chi connectivity index (χ0v) is 21.7. The lowest BCUT2D eigenvalue weighted by Crippen LogP contribution is -2.30. The minimum Gasteiger partial charge on any atom is -0.494 e. The van der Waals surface area contributed by atoms with Crippen molar-refractivity contribution in [1.29, 1.82) is 0 Å². The maximum atomic E-state index is 13.6. The van der Waals surface area contributed by atoms with Gasteiger partial charge in [0.2, 0.25) is 0 Å². The molecule has 0 aliphatic heterocycles. The van der Waals surface area contributed by atoms with Crippen molar-refractivity contribution >= 4 is 9.84 Å². The molecule has 0 saturated heterocycles. The van der Waals surface area contributed by atoms with Gasteiger partial charge in [0.05, 0.1) is 31.9 Å². The maximum Gasteiger partial charge on any atom is 0.189 e. The molecule has 0 saturated carbocycles. The Bertz CT molecular complexity index is 1470. The van der Waals surface area contributed by atoms with E-state index in [1.807, 2.05) is 0 Å². The minimum atomic E-state index is -3.95. The molecule has 4 rings (SSSR count). The Kier molecular flexibility index (Phi) is 7.50. The van der Waals surface area contributed by atoms with Gasteiger partial charge in [-0.25, -0.2) is 22.8 Å². The van der Waals surface area contributed by atoms with Crippen molar-refractivity contribution in [3.05, 3.63) is 60.3 Å². The number of halogens is 1. The van der Waals surface area contributed by atoms with E-state index in [4.69, 9.17) is 14.2 Å². The van der Waals surface area contributed by atoms with Gasteiger partial charge in [0.15, 0.2) is 33.1 Å². The molecule has 2 atom stereocenters. The second kappa shape index (κ2) is 10.6. The number of benzene rings is 1. The molecule has 0 fully saturated rings. The summed E-state index contributed by atoms with van der Waals surface area (Å²) in [6.07, 6.45) is 2.60. The summed E-state index contributed by atoms with van der Waals surface area (Å²) in [4.78, 5) is 7.79. The molecule has 37 heavy (non-hydrogen) atoms. The highest BCUT2D eigenvalue weighted by molar-refractivity contribution is 7.91. The smallest absolute Gasteiger partial charge is 0.189 e. The van der Waals surface area contributed by atoms with Crippen molar-refractivity contribution in [2.24, 2.45) is 7.05 Å². The molecule has 0 N–H and O–H groups in total. The van der Waals surface area contributed by atoms with Crippen LogP contribution in [0.1, 0.15) is 24.7 Å². The number of para-hydroxylation sites is 1. The zero-order valence-electron chi connectivity index (χ0n) is 20.9. The first-order valence-corrected chi connectivity index (χ1v) is 12.8. The molecule has 0 aliphatic rings. The lowest BCUT2D eigenvalue weighted by atomic mass is 10.2. The number of hydrogen-bond donors (Lipinski definition) is 0. The topological polar surface area (TPSA) is 136 Å². The van der Waals surface area contributed by atoms with E-state index >= 15 is 0 Å². The number of methoxy groups -OCH3 is 3. The van der Waals surface area contributed by atoms with Gasteiger partial charge >= 0.3 is 0 Å². The van der Waals surface area contributed by atoms with Crippen LogP contribution in [0.15, 0.2) is 42.9 Å². The number of sulfone groups is 1. The third-order valence-electron chi connectivity index (χ3n) is 5.77. The number of ether oxygens (including phenoxy) is 3. The second-order valence-electron chi connectivity index (χ2n) is 8.09. The van der Waals surface area contributed by atoms with Gasteiger partial charge in [0.25, 0.3) is 0 Å². The molecule has 0 spiro atoms. The summed E-state index contributed by atoms with van der Waals surface area (Å²) in [6.45, 7) is 1.47. The molecule has 1 aromatic carbocycles. The summed E-state index contributed by atoms with van der Waals surface area (Å²) in [7, 11) is 2.13. The Morgan fingerprint density at radius 1 is 1.03 bits per heavy atom. The van der Waals surface area contributed by atoms with Crippen LogP contribution in [0.25, 0.3) is 17.2 Å². The summed E-state index contributed by atoms with van der Waals surface area (Å²) in [6, 6.07) is 6.91. The third-order valence-corrected chi connectivity index (χ3v) is 7.81. The van der Waals surface area contributed by atoms with E-state index < -0.39 is 32.8 Å². The fraction of sp³-hybridized carbons (Fsp3) is 0.348. The Labute approximate surface area is 213 Å². The van der Waals surface area contributed by atoms with Crippen molar-refractivity contribution < 1.29 is 27.0 Å². The summed E-state index contributed by atoms with van der Waals surface area (Å²) in [5.74, 6) is 0.111. The van der Waals surface area contributed by atoms with Crippen LogP contribution in [0, 0.1) is 5.82 Å². The molecule has 196 valence electrons. The van der Waals surface area contributed by atoms with Gasteiger partial charge in [-0.15, -0.1) is 10.2 Å². The monoisotopic (exact) mass is 531 g/mol.